The number of carboxylic acid groups (broad SMARTS) is 1. The third kappa shape index (κ3) is 6.24. The van der Waals surface area contributed by atoms with Gasteiger partial charge in [0.1, 0.15) is 5.75 Å². The molecule has 0 radical (unpaired) electrons. The Kier molecular flexibility index (Phi) is 7.84. The van der Waals surface area contributed by atoms with Crippen LogP contribution in [0.15, 0.2) is 76.4 Å². The number of aromatic nitrogens is 4. The molecule has 2 N–H and O–H groups in total. The summed E-state index contributed by atoms with van der Waals surface area (Å²) in [7, 11) is 0. The maximum absolute atomic E-state index is 13.3. The molecule has 0 aliphatic heterocycles. The molecule has 0 saturated heterocycles. The number of nitrogens with zero attached hydrogens (tertiary/aromatic N) is 5. The van der Waals surface area contributed by atoms with Crippen LogP contribution in [0.5, 0.6) is 11.6 Å². The van der Waals surface area contributed by atoms with Crippen molar-refractivity contribution in [2.45, 2.75) is 20.0 Å². The van der Waals surface area contributed by atoms with Gasteiger partial charge in [-0.15, -0.1) is 0 Å². The molecule has 0 fully saturated rings. The number of hydrogen-bond acceptors (Lipinski definition) is 8. The molecule has 0 spiro atoms. The van der Waals surface area contributed by atoms with Gasteiger partial charge in [0, 0.05) is 29.5 Å². The van der Waals surface area contributed by atoms with Crippen molar-refractivity contribution in [1.29, 1.82) is 5.26 Å². The highest BCUT2D eigenvalue weighted by Crippen LogP contribution is 2.23. The van der Waals surface area contributed by atoms with Gasteiger partial charge in [-0.25, -0.2) is 19.1 Å². The van der Waals surface area contributed by atoms with E-state index in [4.69, 9.17) is 21.6 Å². The van der Waals surface area contributed by atoms with Crippen LogP contribution in [-0.2, 0) is 17.9 Å². The van der Waals surface area contributed by atoms with Crippen molar-refractivity contribution in [2.24, 2.45) is 5.92 Å². The summed E-state index contributed by atoms with van der Waals surface area (Å²) in [6, 6.07) is 18.5. The Hall–Kier alpha value is -4.95. The van der Waals surface area contributed by atoms with E-state index in [0.29, 0.717) is 27.6 Å². The summed E-state index contributed by atoms with van der Waals surface area (Å²) in [5.41, 5.74) is 0.0448. The Bertz CT molecular complexity index is 1620. The molecule has 38 heavy (non-hydrogen) atoms. The lowest BCUT2D eigenvalue weighted by Gasteiger charge is -2.17. The van der Waals surface area contributed by atoms with Crippen LogP contribution in [0.25, 0.3) is 0 Å². The lowest BCUT2D eigenvalue weighted by atomic mass is 10.2. The minimum atomic E-state index is -1.14. The molecular formula is C26H21ClN6O5. The molecule has 2 aromatic carbocycles. The van der Waals surface area contributed by atoms with Crippen molar-refractivity contribution in [3.8, 4) is 17.7 Å². The number of rotatable bonds is 9. The minimum Gasteiger partial charge on any atom is -0.481 e. The van der Waals surface area contributed by atoms with Crippen LogP contribution in [-0.4, -0.2) is 30.2 Å². The van der Waals surface area contributed by atoms with E-state index in [9.17, 15) is 19.5 Å². The number of aliphatic carboxylic acids is 1. The van der Waals surface area contributed by atoms with Gasteiger partial charge in [0.05, 0.1) is 24.1 Å². The van der Waals surface area contributed by atoms with E-state index in [0.717, 1.165) is 4.57 Å². The molecular weight excluding hydrogens is 512 g/mol. The van der Waals surface area contributed by atoms with Gasteiger partial charge in [-0.05, 0) is 48.0 Å². The topological polar surface area (TPSA) is 152 Å². The Balaban J connectivity index is 1.65. The molecule has 0 unspecified atom stereocenters. The number of halogens is 1. The van der Waals surface area contributed by atoms with Crippen LogP contribution < -0.4 is 21.4 Å². The lowest BCUT2D eigenvalue weighted by molar-refractivity contribution is -0.141. The zero-order valence-electron chi connectivity index (χ0n) is 20.0. The Morgan fingerprint density at radius 1 is 1.13 bits per heavy atom. The molecule has 12 heteroatoms. The number of nitrogens with one attached hydrogen (secondary N) is 1. The van der Waals surface area contributed by atoms with Crippen molar-refractivity contribution >= 4 is 29.2 Å². The molecule has 11 nitrogen and oxygen atoms in total. The Morgan fingerprint density at radius 3 is 2.50 bits per heavy atom. The molecule has 0 bridgehead atoms. The van der Waals surface area contributed by atoms with E-state index < -0.39 is 23.3 Å². The fourth-order valence-electron chi connectivity index (χ4n) is 3.44. The number of hydrogen-bond donors (Lipinski definition) is 2. The fraction of sp³-hybridized carbons (Fsp3) is 0.154. The van der Waals surface area contributed by atoms with E-state index in [1.54, 1.807) is 54.6 Å². The SMILES string of the molecule is C[C@@H](Cn1c(=O)nc(Nc2ccc(Oc3cc(C#N)ccn3)cc2)n(Cc2ccc(Cl)cc2)c1=O)C(=O)O. The number of carbonyl (C=O) groups is 1. The number of nitriles is 1. The number of pyridine rings is 1. The Morgan fingerprint density at radius 2 is 1.84 bits per heavy atom. The highest BCUT2D eigenvalue weighted by atomic mass is 35.5. The second-order valence-electron chi connectivity index (χ2n) is 8.31. The molecule has 2 aromatic heterocycles. The Labute approximate surface area is 221 Å². The molecule has 0 aliphatic rings. The first-order chi connectivity index (χ1) is 18.2. The molecule has 0 aliphatic carbocycles. The average Bonchev–Trinajstić information content (AvgIpc) is 2.91. The van der Waals surface area contributed by atoms with E-state index in [1.165, 1.54) is 23.8 Å². The normalized spacial score (nSPS) is 11.4. The van der Waals surface area contributed by atoms with Gasteiger partial charge in [-0.3, -0.25) is 9.36 Å². The zero-order chi connectivity index (χ0) is 27.2. The van der Waals surface area contributed by atoms with Crippen molar-refractivity contribution in [3.05, 3.63) is 104 Å². The molecule has 0 amide bonds. The summed E-state index contributed by atoms with van der Waals surface area (Å²) in [5.74, 6) is -1.43. The van der Waals surface area contributed by atoms with Crippen LogP contribution in [0.3, 0.4) is 0 Å². The van der Waals surface area contributed by atoms with Gasteiger partial charge in [-0.2, -0.15) is 10.2 Å². The molecule has 0 saturated carbocycles. The van der Waals surface area contributed by atoms with Gasteiger partial charge in [0.25, 0.3) is 0 Å². The van der Waals surface area contributed by atoms with Crippen molar-refractivity contribution in [3.63, 3.8) is 0 Å². The average molecular weight is 533 g/mol. The summed E-state index contributed by atoms with van der Waals surface area (Å²) >= 11 is 5.97. The monoisotopic (exact) mass is 532 g/mol. The number of carboxylic acids is 1. The predicted molar refractivity (Wildman–Crippen MR) is 139 cm³/mol. The number of ether oxygens (including phenoxy) is 1. The van der Waals surface area contributed by atoms with Crippen LogP contribution in [0, 0.1) is 17.2 Å². The first-order valence-electron chi connectivity index (χ1n) is 11.3. The third-order valence-corrected chi connectivity index (χ3v) is 5.73. The quantitative estimate of drug-likeness (QED) is 0.329. The minimum absolute atomic E-state index is 0.0220. The van der Waals surface area contributed by atoms with E-state index in [2.05, 4.69) is 15.3 Å². The maximum atomic E-state index is 13.3. The second-order valence-corrected chi connectivity index (χ2v) is 8.75. The molecule has 1 atom stereocenters. The first kappa shape index (κ1) is 26.1. The van der Waals surface area contributed by atoms with Crippen molar-refractivity contribution < 1.29 is 14.6 Å². The van der Waals surface area contributed by atoms with Gasteiger partial charge < -0.3 is 15.2 Å². The van der Waals surface area contributed by atoms with Crippen LogP contribution in [0.2, 0.25) is 5.02 Å². The van der Waals surface area contributed by atoms with Crippen LogP contribution in [0.1, 0.15) is 18.1 Å². The van der Waals surface area contributed by atoms with Gasteiger partial charge in [0.15, 0.2) is 0 Å². The standard InChI is InChI=1S/C26H21ClN6O5/c1-16(23(34)35)14-33-25(36)31-24(32(26(33)37)15-17-2-4-19(27)5-3-17)30-20-6-8-21(9-7-20)38-22-12-18(13-28)10-11-29-22/h2-12,16H,14-15H2,1H3,(H,34,35)(H,30,31,36)/t16-/m0/s1. The van der Waals surface area contributed by atoms with Crippen molar-refractivity contribution in [1.82, 2.24) is 19.1 Å². The third-order valence-electron chi connectivity index (χ3n) is 5.48. The summed E-state index contributed by atoms with van der Waals surface area (Å²) in [6.07, 6.45) is 1.47. The highest BCUT2D eigenvalue weighted by Gasteiger charge is 2.19. The highest BCUT2D eigenvalue weighted by molar-refractivity contribution is 6.30. The fourth-order valence-corrected chi connectivity index (χ4v) is 3.56. The summed E-state index contributed by atoms with van der Waals surface area (Å²) in [5, 5.41) is 21.8. The largest absolute Gasteiger partial charge is 0.481 e. The zero-order valence-corrected chi connectivity index (χ0v) is 20.8. The summed E-state index contributed by atoms with van der Waals surface area (Å²) < 4.78 is 7.73. The maximum Gasteiger partial charge on any atom is 0.354 e. The van der Waals surface area contributed by atoms with Crippen LogP contribution in [0.4, 0.5) is 11.6 Å². The smallest absolute Gasteiger partial charge is 0.354 e. The van der Waals surface area contributed by atoms with Crippen LogP contribution >= 0.6 is 11.6 Å². The molecule has 4 rings (SSSR count). The molecule has 2 heterocycles. The molecule has 4 aromatic rings. The van der Waals surface area contributed by atoms with Gasteiger partial charge >= 0.3 is 17.3 Å². The van der Waals surface area contributed by atoms with Gasteiger partial charge in [-0.1, -0.05) is 30.7 Å². The summed E-state index contributed by atoms with van der Waals surface area (Å²) in [6.45, 7) is 1.13. The lowest BCUT2D eigenvalue weighted by Crippen LogP contribution is -2.44. The first-order valence-corrected chi connectivity index (χ1v) is 11.7. The summed E-state index contributed by atoms with van der Waals surface area (Å²) in [4.78, 5) is 45.4. The molecule has 192 valence electrons. The van der Waals surface area contributed by atoms with E-state index >= 15 is 0 Å². The predicted octanol–water partition coefficient (Wildman–Crippen LogP) is 3.63. The number of benzene rings is 2. The van der Waals surface area contributed by atoms with Gasteiger partial charge in [0.2, 0.25) is 11.8 Å². The van der Waals surface area contributed by atoms with E-state index in [-0.39, 0.29) is 24.9 Å². The van der Waals surface area contributed by atoms with E-state index in [1.807, 2.05) is 6.07 Å². The number of anilines is 2. The van der Waals surface area contributed by atoms with Crippen molar-refractivity contribution in [2.75, 3.05) is 5.32 Å². The second kappa shape index (κ2) is 11.4.